The maximum Gasteiger partial charge on any atom is 0.272 e. The third-order valence-corrected chi connectivity index (χ3v) is 9.37. The molecule has 4 aromatic rings. The number of nitrogens with one attached hydrogen (secondary N) is 3. The standard InChI is InChI=1S/C34H33N7O6S/c42-29(37-24-10-11-24)23-8-6-21(7-9-23)26-20-48-33(38-26)40-31(44)27-19-47-34(12-16-46-17-13-34)41(27)32(45)28(22-4-2-1-3-5-22)39-30(43)25-18-35-14-15-36-25/h1-9,14-15,18,20,24,27-28H,10-13,16-17,19H2,(H,37,42)(H,39,43)(H,38,40,44)/t27-,28+/m0/s1. The first-order chi connectivity index (χ1) is 23.4. The zero-order valence-electron chi connectivity index (χ0n) is 25.8. The average Bonchev–Trinajstić information content (AvgIpc) is 3.70. The number of amides is 4. The van der Waals surface area contributed by atoms with Crippen molar-refractivity contribution < 1.29 is 28.7 Å². The van der Waals surface area contributed by atoms with E-state index >= 15 is 0 Å². The number of hydrogen-bond acceptors (Lipinski definition) is 10. The molecule has 1 aliphatic carbocycles. The van der Waals surface area contributed by atoms with Gasteiger partial charge in [-0.2, -0.15) is 0 Å². The lowest BCUT2D eigenvalue weighted by Gasteiger charge is -2.42. The predicted molar refractivity (Wildman–Crippen MR) is 175 cm³/mol. The van der Waals surface area contributed by atoms with Crippen LogP contribution in [0.4, 0.5) is 5.13 Å². The summed E-state index contributed by atoms with van der Waals surface area (Å²) in [6.07, 6.45) is 6.91. The molecule has 4 heterocycles. The number of ether oxygens (including phenoxy) is 2. The number of aromatic nitrogens is 3. The van der Waals surface area contributed by atoms with E-state index in [0.717, 1.165) is 18.4 Å². The first-order valence-corrected chi connectivity index (χ1v) is 16.6. The summed E-state index contributed by atoms with van der Waals surface area (Å²) in [5.74, 6) is -1.65. The van der Waals surface area contributed by atoms with E-state index in [0.29, 0.717) is 48.0 Å². The number of thiazole rings is 1. The van der Waals surface area contributed by atoms with Crippen LogP contribution in [0.25, 0.3) is 11.3 Å². The third-order valence-electron chi connectivity index (χ3n) is 8.62. The number of hydrogen-bond donors (Lipinski definition) is 3. The Morgan fingerprint density at radius 2 is 1.73 bits per heavy atom. The van der Waals surface area contributed by atoms with E-state index in [1.807, 2.05) is 23.6 Å². The lowest BCUT2D eigenvalue weighted by atomic mass is 9.97. The van der Waals surface area contributed by atoms with Gasteiger partial charge in [-0.3, -0.25) is 29.1 Å². The maximum absolute atomic E-state index is 14.6. The van der Waals surface area contributed by atoms with E-state index < -0.39 is 35.5 Å². The summed E-state index contributed by atoms with van der Waals surface area (Å²) in [5, 5.41) is 10.8. The molecular formula is C34H33N7O6S. The van der Waals surface area contributed by atoms with Crippen LogP contribution in [-0.2, 0) is 19.1 Å². The van der Waals surface area contributed by atoms with E-state index in [9.17, 15) is 19.2 Å². The molecule has 0 radical (unpaired) electrons. The van der Waals surface area contributed by atoms with Crippen molar-refractivity contribution >= 4 is 40.1 Å². The van der Waals surface area contributed by atoms with Gasteiger partial charge in [0.1, 0.15) is 23.5 Å². The molecule has 3 N–H and O–H groups in total. The van der Waals surface area contributed by atoms with E-state index in [-0.39, 0.29) is 24.2 Å². The van der Waals surface area contributed by atoms with Crippen LogP contribution in [0.5, 0.6) is 0 Å². The highest BCUT2D eigenvalue weighted by Gasteiger charge is 2.54. The predicted octanol–water partition coefficient (Wildman–Crippen LogP) is 3.34. The largest absolute Gasteiger partial charge is 0.381 e. The monoisotopic (exact) mass is 667 g/mol. The lowest BCUT2D eigenvalue weighted by molar-refractivity contribution is -0.172. The highest BCUT2D eigenvalue weighted by atomic mass is 32.1. The summed E-state index contributed by atoms with van der Waals surface area (Å²) in [6.45, 7) is 0.647. The Morgan fingerprint density at radius 1 is 0.958 bits per heavy atom. The third kappa shape index (κ3) is 6.68. The number of carbonyl (C=O) groups is 4. The first-order valence-electron chi connectivity index (χ1n) is 15.7. The van der Waals surface area contributed by atoms with E-state index in [4.69, 9.17) is 9.47 Å². The molecule has 2 aliphatic heterocycles. The molecule has 0 unspecified atom stereocenters. The second-order valence-corrected chi connectivity index (χ2v) is 12.7. The minimum absolute atomic E-state index is 0.0419. The van der Waals surface area contributed by atoms with Gasteiger partial charge in [-0.25, -0.2) is 9.97 Å². The molecule has 48 heavy (non-hydrogen) atoms. The van der Waals surface area contributed by atoms with Gasteiger partial charge in [0, 0.05) is 47.8 Å². The molecule has 3 aliphatic rings. The topological polar surface area (TPSA) is 165 Å². The van der Waals surface area contributed by atoms with Crippen molar-refractivity contribution in [1.29, 1.82) is 0 Å². The van der Waals surface area contributed by atoms with Crippen LogP contribution in [0.1, 0.15) is 58.1 Å². The van der Waals surface area contributed by atoms with Crippen molar-refractivity contribution in [2.24, 2.45) is 0 Å². The summed E-state index contributed by atoms with van der Waals surface area (Å²) in [4.78, 5) is 68.3. The summed E-state index contributed by atoms with van der Waals surface area (Å²) in [6, 6.07) is 14.1. The Morgan fingerprint density at radius 3 is 2.44 bits per heavy atom. The smallest absolute Gasteiger partial charge is 0.272 e. The zero-order valence-corrected chi connectivity index (χ0v) is 26.7. The van der Waals surface area contributed by atoms with Crippen LogP contribution >= 0.6 is 11.3 Å². The van der Waals surface area contributed by atoms with Gasteiger partial charge in [0.2, 0.25) is 0 Å². The van der Waals surface area contributed by atoms with Crippen molar-refractivity contribution in [2.75, 3.05) is 25.1 Å². The molecule has 246 valence electrons. The summed E-state index contributed by atoms with van der Waals surface area (Å²) in [5.41, 5.74) is 1.49. The Labute approximate surface area is 280 Å². The molecule has 1 saturated carbocycles. The molecule has 13 nitrogen and oxygen atoms in total. The van der Waals surface area contributed by atoms with Crippen LogP contribution in [0.15, 0.2) is 78.6 Å². The van der Waals surface area contributed by atoms with Gasteiger partial charge < -0.3 is 25.4 Å². The van der Waals surface area contributed by atoms with Gasteiger partial charge in [-0.15, -0.1) is 11.3 Å². The van der Waals surface area contributed by atoms with E-state index in [1.165, 1.54) is 34.8 Å². The van der Waals surface area contributed by atoms with Crippen molar-refractivity contribution in [3.05, 3.63) is 95.4 Å². The highest BCUT2D eigenvalue weighted by Crippen LogP contribution is 2.39. The van der Waals surface area contributed by atoms with Crippen LogP contribution in [0, 0.1) is 0 Å². The number of benzene rings is 2. The Balaban J connectivity index is 1.12. The minimum Gasteiger partial charge on any atom is -0.381 e. The molecule has 3 fully saturated rings. The van der Waals surface area contributed by atoms with Gasteiger partial charge in [-0.05, 0) is 30.5 Å². The van der Waals surface area contributed by atoms with Crippen molar-refractivity contribution in [3.63, 3.8) is 0 Å². The molecule has 2 aromatic carbocycles. The molecule has 14 heteroatoms. The minimum atomic E-state index is -1.14. The van der Waals surface area contributed by atoms with Crippen molar-refractivity contribution in [3.8, 4) is 11.3 Å². The molecule has 2 atom stereocenters. The summed E-state index contributed by atoms with van der Waals surface area (Å²) >= 11 is 1.25. The van der Waals surface area contributed by atoms with Crippen LogP contribution in [-0.4, -0.2) is 81.1 Å². The first kappa shape index (κ1) is 31.5. The lowest BCUT2D eigenvalue weighted by Crippen LogP contribution is -2.59. The van der Waals surface area contributed by atoms with Crippen LogP contribution < -0.4 is 16.0 Å². The van der Waals surface area contributed by atoms with Crippen molar-refractivity contribution in [2.45, 2.75) is 49.5 Å². The Kier molecular flexibility index (Phi) is 8.93. The molecule has 7 rings (SSSR count). The summed E-state index contributed by atoms with van der Waals surface area (Å²) in [7, 11) is 0. The highest BCUT2D eigenvalue weighted by molar-refractivity contribution is 7.14. The fourth-order valence-electron chi connectivity index (χ4n) is 5.92. The van der Waals surface area contributed by atoms with Gasteiger partial charge >= 0.3 is 0 Å². The van der Waals surface area contributed by atoms with Gasteiger partial charge in [0.15, 0.2) is 5.13 Å². The second kappa shape index (κ2) is 13.6. The number of rotatable bonds is 9. The quantitative estimate of drug-likeness (QED) is 0.243. The molecule has 0 bridgehead atoms. The van der Waals surface area contributed by atoms with Gasteiger partial charge in [0.25, 0.3) is 23.6 Å². The van der Waals surface area contributed by atoms with Gasteiger partial charge in [0.05, 0.1) is 31.7 Å². The average molecular weight is 668 g/mol. The van der Waals surface area contributed by atoms with Gasteiger partial charge in [-0.1, -0.05) is 42.5 Å². The van der Waals surface area contributed by atoms with E-state index in [2.05, 4.69) is 30.9 Å². The van der Waals surface area contributed by atoms with Crippen LogP contribution in [0.3, 0.4) is 0 Å². The maximum atomic E-state index is 14.6. The number of nitrogens with zero attached hydrogens (tertiary/aromatic N) is 4. The Bertz CT molecular complexity index is 1790. The number of anilines is 1. The second-order valence-electron chi connectivity index (χ2n) is 11.9. The number of carbonyl (C=O) groups excluding carboxylic acids is 4. The molecular weight excluding hydrogens is 634 g/mol. The molecule has 4 amide bonds. The SMILES string of the molecule is O=C(NC1CC1)c1ccc(-c2csc(NC(=O)[C@@H]3COC4(CCOCC4)N3C(=O)[C@H](NC(=O)c3cnccn3)c3ccccc3)n2)cc1. The molecule has 1 spiro atoms. The summed E-state index contributed by atoms with van der Waals surface area (Å²) < 4.78 is 11.9. The van der Waals surface area contributed by atoms with Crippen molar-refractivity contribution in [1.82, 2.24) is 30.5 Å². The zero-order chi connectivity index (χ0) is 33.1. The normalized spacial score (nSPS) is 19.0. The Hall–Kier alpha value is -5.05. The van der Waals surface area contributed by atoms with Crippen LogP contribution in [0.2, 0.25) is 0 Å². The fraction of sp³-hybridized carbons (Fsp3) is 0.324. The fourth-order valence-corrected chi connectivity index (χ4v) is 6.64. The molecule has 2 saturated heterocycles. The molecule has 2 aromatic heterocycles. The van der Waals surface area contributed by atoms with E-state index in [1.54, 1.807) is 36.4 Å².